The lowest BCUT2D eigenvalue weighted by Gasteiger charge is -2.58. The van der Waals surface area contributed by atoms with Crippen LogP contribution in [-0.2, 0) is 9.53 Å². The van der Waals surface area contributed by atoms with Gasteiger partial charge in [-0.15, -0.1) is 0 Å². The summed E-state index contributed by atoms with van der Waals surface area (Å²) in [4.78, 5) is 12.6. The SMILES string of the molecule is CC[C@H](CC[C@@H](C)[C@H]1CC[C@H]2[C@@H]3CC[C@H]4C[C@@H](OC(=O)C(C)(C)C)CC[C@]4(C)C3=C[C@H](O)[C@]12C)C(C)C. The molecule has 0 heterocycles. The Morgan fingerprint density at radius 3 is 2.41 bits per heavy atom. The number of fused-ring (bicyclic) bond motifs is 5. The maximum Gasteiger partial charge on any atom is 0.311 e. The van der Waals surface area contributed by atoms with Crippen molar-refractivity contribution in [3.63, 3.8) is 0 Å². The molecule has 0 aromatic rings. The van der Waals surface area contributed by atoms with E-state index in [1.54, 1.807) is 5.57 Å². The predicted molar refractivity (Wildman–Crippen MR) is 153 cm³/mol. The van der Waals surface area contributed by atoms with Gasteiger partial charge >= 0.3 is 5.97 Å². The Kier molecular flexibility index (Phi) is 8.37. The summed E-state index contributed by atoms with van der Waals surface area (Å²) in [7, 11) is 0. The highest BCUT2D eigenvalue weighted by atomic mass is 16.5. The zero-order chi connectivity index (χ0) is 27.3. The van der Waals surface area contributed by atoms with Crippen molar-refractivity contribution >= 4 is 5.97 Å². The third-order valence-corrected chi connectivity index (χ3v) is 12.2. The average Bonchev–Trinajstić information content (AvgIpc) is 3.18. The molecule has 0 unspecified atom stereocenters. The van der Waals surface area contributed by atoms with Gasteiger partial charge in [0.25, 0.3) is 0 Å². The number of rotatable bonds is 7. The van der Waals surface area contributed by atoms with Crippen LogP contribution >= 0.6 is 0 Å². The van der Waals surface area contributed by atoms with E-state index in [0.29, 0.717) is 29.6 Å². The largest absolute Gasteiger partial charge is 0.462 e. The van der Waals surface area contributed by atoms with Gasteiger partial charge in [0.05, 0.1) is 11.5 Å². The van der Waals surface area contributed by atoms with Crippen molar-refractivity contribution in [3.8, 4) is 0 Å². The van der Waals surface area contributed by atoms with Crippen molar-refractivity contribution in [2.45, 2.75) is 139 Å². The fourth-order valence-corrected chi connectivity index (χ4v) is 9.57. The Balaban J connectivity index is 1.49. The number of esters is 1. The second-order valence-corrected chi connectivity index (χ2v) is 15.5. The van der Waals surface area contributed by atoms with E-state index in [2.05, 4.69) is 47.6 Å². The molecule has 1 N–H and O–H groups in total. The summed E-state index contributed by atoms with van der Waals surface area (Å²) in [6.45, 7) is 20.3. The fourth-order valence-electron chi connectivity index (χ4n) is 9.57. The number of hydrogen-bond acceptors (Lipinski definition) is 3. The molecule has 4 aliphatic rings. The molecule has 0 spiro atoms. The van der Waals surface area contributed by atoms with Gasteiger partial charge in [-0.2, -0.15) is 0 Å². The standard InChI is InChI=1S/C34H58O3/c1-10-23(21(2)3)12-11-22(4)27-15-16-28-26-14-13-24-19-25(37-31(36)32(5,6)7)17-18-33(24,8)29(26)20-30(35)34(27,28)9/h20-28,30,35H,10-19H2,1-9H3/t22-,23-,24+,25+,26+,27-,28+,30+,33+,34-/m1/s1. The molecule has 37 heavy (non-hydrogen) atoms. The molecule has 3 nitrogen and oxygen atoms in total. The van der Waals surface area contributed by atoms with Gasteiger partial charge in [0.15, 0.2) is 0 Å². The summed E-state index contributed by atoms with van der Waals surface area (Å²) < 4.78 is 5.99. The molecule has 3 fully saturated rings. The van der Waals surface area contributed by atoms with E-state index in [4.69, 9.17) is 4.74 Å². The van der Waals surface area contributed by atoms with Gasteiger partial charge in [0, 0.05) is 5.41 Å². The molecular formula is C34H58O3. The molecule has 0 bridgehead atoms. The van der Waals surface area contributed by atoms with Gasteiger partial charge in [0.2, 0.25) is 0 Å². The Hall–Kier alpha value is -0.830. The van der Waals surface area contributed by atoms with E-state index < -0.39 is 5.41 Å². The quantitative estimate of drug-likeness (QED) is 0.273. The first-order chi connectivity index (χ1) is 17.2. The van der Waals surface area contributed by atoms with Gasteiger partial charge in [-0.3, -0.25) is 4.79 Å². The van der Waals surface area contributed by atoms with Crippen LogP contribution in [0.1, 0.15) is 127 Å². The van der Waals surface area contributed by atoms with Crippen molar-refractivity contribution in [1.82, 2.24) is 0 Å². The molecule has 212 valence electrons. The molecule has 3 saturated carbocycles. The minimum Gasteiger partial charge on any atom is -0.462 e. The summed E-state index contributed by atoms with van der Waals surface area (Å²) >= 11 is 0. The first-order valence-corrected chi connectivity index (χ1v) is 15.8. The zero-order valence-corrected chi connectivity index (χ0v) is 25.6. The van der Waals surface area contributed by atoms with Gasteiger partial charge in [-0.25, -0.2) is 0 Å². The van der Waals surface area contributed by atoms with Crippen LogP contribution < -0.4 is 0 Å². The average molecular weight is 515 g/mol. The maximum atomic E-state index is 12.6. The summed E-state index contributed by atoms with van der Waals surface area (Å²) in [5.41, 5.74) is 1.28. The molecule has 4 rings (SSSR count). The molecule has 0 saturated heterocycles. The summed E-state index contributed by atoms with van der Waals surface area (Å²) in [6, 6.07) is 0. The van der Waals surface area contributed by atoms with Gasteiger partial charge < -0.3 is 9.84 Å². The molecule has 0 amide bonds. The predicted octanol–water partition coefficient (Wildman–Crippen LogP) is 8.59. The van der Waals surface area contributed by atoms with Crippen LogP contribution in [0, 0.1) is 57.7 Å². The number of hydrogen-bond donors (Lipinski definition) is 1. The Morgan fingerprint density at radius 2 is 1.78 bits per heavy atom. The second kappa shape index (κ2) is 10.6. The Bertz CT molecular complexity index is 852. The van der Waals surface area contributed by atoms with Crippen LogP contribution in [-0.4, -0.2) is 23.3 Å². The molecule has 3 heteroatoms. The Morgan fingerprint density at radius 1 is 1.08 bits per heavy atom. The van der Waals surface area contributed by atoms with Crippen molar-refractivity contribution in [1.29, 1.82) is 0 Å². The van der Waals surface area contributed by atoms with Crippen LogP contribution in [0.5, 0.6) is 0 Å². The molecule has 0 aromatic carbocycles. The molecular weight excluding hydrogens is 456 g/mol. The van der Waals surface area contributed by atoms with Crippen molar-refractivity contribution in [3.05, 3.63) is 11.6 Å². The van der Waals surface area contributed by atoms with Crippen LogP contribution in [0.4, 0.5) is 0 Å². The lowest BCUT2D eigenvalue weighted by atomic mass is 9.47. The summed E-state index contributed by atoms with van der Waals surface area (Å²) in [5, 5.41) is 11.8. The highest BCUT2D eigenvalue weighted by Gasteiger charge is 2.61. The lowest BCUT2D eigenvalue weighted by molar-refractivity contribution is -0.163. The lowest BCUT2D eigenvalue weighted by Crippen LogP contribution is -2.53. The fraction of sp³-hybridized carbons (Fsp3) is 0.912. The molecule has 0 radical (unpaired) electrons. The van der Waals surface area contributed by atoms with Crippen molar-refractivity contribution < 1.29 is 14.6 Å². The number of carbonyl (C=O) groups is 1. The number of allylic oxidation sites excluding steroid dienone is 1. The van der Waals surface area contributed by atoms with Gasteiger partial charge in [-0.05, 0) is 119 Å². The van der Waals surface area contributed by atoms with Crippen LogP contribution in [0.2, 0.25) is 0 Å². The highest BCUT2D eigenvalue weighted by molar-refractivity contribution is 5.75. The zero-order valence-electron chi connectivity index (χ0n) is 25.6. The summed E-state index contributed by atoms with van der Waals surface area (Å²) in [6.07, 6.45) is 14.0. The topological polar surface area (TPSA) is 46.5 Å². The van der Waals surface area contributed by atoms with E-state index >= 15 is 0 Å². The monoisotopic (exact) mass is 514 g/mol. The number of aliphatic hydroxyl groups is 1. The molecule has 0 aromatic heterocycles. The van der Waals surface area contributed by atoms with Gasteiger partial charge in [-0.1, -0.05) is 66.0 Å². The smallest absolute Gasteiger partial charge is 0.311 e. The van der Waals surface area contributed by atoms with Crippen molar-refractivity contribution in [2.75, 3.05) is 0 Å². The number of carbonyl (C=O) groups excluding carboxylic acids is 1. The summed E-state index contributed by atoms with van der Waals surface area (Å²) in [5.74, 6) is 4.59. The van der Waals surface area contributed by atoms with E-state index in [-0.39, 0.29) is 29.0 Å². The van der Waals surface area contributed by atoms with Crippen LogP contribution in [0.15, 0.2) is 11.6 Å². The third kappa shape index (κ3) is 5.21. The van der Waals surface area contributed by atoms with E-state index in [1.165, 1.54) is 44.9 Å². The van der Waals surface area contributed by atoms with E-state index in [1.807, 2.05) is 20.8 Å². The molecule has 0 aliphatic heterocycles. The second-order valence-electron chi connectivity index (χ2n) is 15.5. The minimum atomic E-state index is -0.443. The van der Waals surface area contributed by atoms with E-state index in [0.717, 1.165) is 31.1 Å². The van der Waals surface area contributed by atoms with E-state index in [9.17, 15) is 9.90 Å². The molecule has 4 aliphatic carbocycles. The van der Waals surface area contributed by atoms with Crippen LogP contribution in [0.25, 0.3) is 0 Å². The minimum absolute atomic E-state index is 0.00969. The highest BCUT2D eigenvalue weighted by Crippen LogP contribution is 2.66. The van der Waals surface area contributed by atoms with Crippen molar-refractivity contribution in [2.24, 2.45) is 57.7 Å². The van der Waals surface area contributed by atoms with Gasteiger partial charge in [0.1, 0.15) is 6.10 Å². The number of aliphatic hydroxyl groups excluding tert-OH is 1. The van der Waals surface area contributed by atoms with Crippen LogP contribution in [0.3, 0.4) is 0 Å². The maximum absolute atomic E-state index is 12.6. The Labute approximate surface area is 228 Å². The number of ether oxygens (including phenoxy) is 1. The normalized spacial score (nSPS) is 41.3. The first-order valence-electron chi connectivity index (χ1n) is 15.8. The first kappa shape index (κ1) is 29.2. The molecule has 10 atom stereocenters. The third-order valence-electron chi connectivity index (χ3n) is 12.2.